The van der Waals surface area contributed by atoms with Gasteiger partial charge in [-0.25, -0.2) is 4.98 Å². The number of nitrogens with zero attached hydrogens (tertiary/aromatic N) is 2. The van der Waals surface area contributed by atoms with Gasteiger partial charge in [0.2, 0.25) is 0 Å². The van der Waals surface area contributed by atoms with Gasteiger partial charge in [0.15, 0.2) is 5.16 Å². The maximum atomic E-state index is 12.8. The molecule has 1 saturated heterocycles. The van der Waals surface area contributed by atoms with Gasteiger partial charge in [0, 0.05) is 24.3 Å². The number of hydrogen-bond acceptors (Lipinski definition) is 3. The molecule has 0 spiro atoms. The van der Waals surface area contributed by atoms with Gasteiger partial charge < -0.3 is 9.88 Å². The van der Waals surface area contributed by atoms with Crippen molar-refractivity contribution in [3.8, 4) is 11.3 Å². The van der Waals surface area contributed by atoms with Crippen LogP contribution in [0, 0.1) is 5.92 Å². The molecule has 3 aromatic rings. The van der Waals surface area contributed by atoms with Gasteiger partial charge in [-0.15, -0.1) is 0 Å². The average Bonchev–Trinajstić information content (AvgIpc) is 3.11. The van der Waals surface area contributed by atoms with Crippen LogP contribution in [0.1, 0.15) is 24.0 Å². The molecule has 5 rings (SSSR count). The molecule has 31 heavy (non-hydrogen) atoms. The van der Waals surface area contributed by atoms with Crippen molar-refractivity contribution in [1.29, 1.82) is 0 Å². The first kappa shape index (κ1) is 20.6. The van der Waals surface area contributed by atoms with Gasteiger partial charge in [-0.3, -0.25) is 0 Å². The molecule has 1 aliphatic carbocycles. The number of imidazole rings is 1. The van der Waals surface area contributed by atoms with Crippen LogP contribution in [0.4, 0.5) is 13.2 Å². The summed E-state index contributed by atoms with van der Waals surface area (Å²) in [6.45, 7) is 3.01. The van der Waals surface area contributed by atoms with E-state index in [0.717, 1.165) is 60.2 Å². The molecule has 0 amide bonds. The molecule has 2 fully saturated rings. The van der Waals surface area contributed by atoms with Crippen LogP contribution in [0.25, 0.3) is 11.3 Å². The van der Waals surface area contributed by atoms with Gasteiger partial charge in [-0.05, 0) is 48.6 Å². The Morgan fingerprint density at radius 2 is 1.87 bits per heavy atom. The minimum atomic E-state index is -4.27. The van der Waals surface area contributed by atoms with E-state index in [2.05, 4.69) is 27.0 Å². The Morgan fingerprint density at radius 1 is 1.10 bits per heavy atom. The van der Waals surface area contributed by atoms with Crippen molar-refractivity contribution in [2.24, 2.45) is 5.92 Å². The van der Waals surface area contributed by atoms with Crippen LogP contribution < -0.4 is 0 Å². The lowest BCUT2D eigenvalue weighted by molar-refractivity contribution is -0.137. The second-order valence-electron chi connectivity index (χ2n) is 8.54. The molecule has 1 saturated carbocycles. The van der Waals surface area contributed by atoms with Crippen molar-refractivity contribution in [3.05, 3.63) is 71.9 Å². The molecule has 1 N–H and O–H groups in total. The van der Waals surface area contributed by atoms with Crippen LogP contribution in [-0.4, -0.2) is 40.3 Å². The molecule has 0 radical (unpaired) electrons. The van der Waals surface area contributed by atoms with Crippen molar-refractivity contribution < 1.29 is 13.2 Å². The zero-order valence-electron chi connectivity index (χ0n) is 17.0. The van der Waals surface area contributed by atoms with E-state index in [-0.39, 0.29) is 5.41 Å². The van der Waals surface area contributed by atoms with E-state index in [0.29, 0.717) is 5.92 Å². The number of hydrogen-bond donors (Lipinski definition) is 1. The van der Waals surface area contributed by atoms with Gasteiger partial charge in [0.25, 0.3) is 0 Å². The quantitative estimate of drug-likeness (QED) is 0.367. The summed E-state index contributed by atoms with van der Waals surface area (Å²) in [5.41, 5.74) is 2.73. The molecule has 3 nitrogen and oxygen atoms in total. The number of rotatable bonds is 7. The Hall–Kier alpha value is -2.25. The van der Waals surface area contributed by atoms with Gasteiger partial charge in [0.05, 0.1) is 17.5 Å². The highest BCUT2D eigenvalue weighted by Gasteiger charge is 2.60. The number of thioether (sulfide) groups is 1. The molecule has 2 aliphatic rings. The highest BCUT2D eigenvalue weighted by Crippen LogP contribution is 2.59. The Kier molecular flexibility index (Phi) is 5.34. The lowest BCUT2D eigenvalue weighted by Gasteiger charge is -2.21. The largest absolute Gasteiger partial charge is 0.416 e. The topological polar surface area (TPSA) is 31.9 Å². The summed E-state index contributed by atoms with van der Waals surface area (Å²) in [5.74, 6) is 1.56. The smallest absolute Gasteiger partial charge is 0.333 e. The summed E-state index contributed by atoms with van der Waals surface area (Å²) < 4.78 is 38.5. The average molecular weight is 444 g/mol. The summed E-state index contributed by atoms with van der Waals surface area (Å²) in [6.07, 6.45) is -0.242. The Bertz CT molecular complexity index is 1030. The maximum Gasteiger partial charge on any atom is 0.416 e. The highest BCUT2D eigenvalue weighted by atomic mass is 32.2. The molecular weight excluding hydrogens is 419 g/mol. The minimum Gasteiger partial charge on any atom is -0.333 e. The number of piperidine rings is 1. The molecule has 7 heteroatoms. The predicted octanol–water partition coefficient (Wildman–Crippen LogP) is 5.85. The number of benzene rings is 2. The molecule has 0 unspecified atom stereocenters. The van der Waals surface area contributed by atoms with Gasteiger partial charge in [-0.2, -0.15) is 13.2 Å². The van der Waals surface area contributed by atoms with E-state index in [9.17, 15) is 13.2 Å². The monoisotopic (exact) mass is 443 g/mol. The first-order valence-corrected chi connectivity index (χ1v) is 11.6. The van der Waals surface area contributed by atoms with Crippen molar-refractivity contribution in [3.63, 3.8) is 0 Å². The Morgan fingerprint density at radius 3 is 2.61 bits per heavy atom. The summed E-state index contributed by atoms with van der Waals surface area (Å²) >= 11 is 1.73. The van der Waals surface area contributed by atoms with Gasteiger partial charge in [0.1, 0.15) is 0 Å². The molecule has 2 aromatic carbocycles. The fourth-order valence-electron chi connectivity index (χ4n) is 4.79. The van der Waals surface area contributed by atoms with Crippen molar-refractivity contribution in [2.45, 2.75) is 29.6 Å². The van der Waals surface area contributed by atoms with E-state index in [4.69, 9.17) is 0 Å². The van der Waals surface area contributed by atoms with Crippen LogP contribution in [-0.2, 0) is 11.6 Å². The van der Waals surface area contributed by atoms with E-state index >= 15 is 0 Å². The second kappa shape index (κ2) is 8.02. The van der Waals surface area contributed by atoms with Gasteiger partial charge >= 0.3 is 6.18 Å². The number of nitrogens with one attached hydrogen (secondary N) is 1. The molecule has 2 heterocycles. The first-order valence-electron chi connectivity index (χ1n) is 10.6. The van der Waals surface area contributed by atoms with E-state index in [1.807, 2.05) is 24.4 Å². The van der Waals surface area contributed by atoms with E-state index in [1.54, 1.807) is 23.9 Å². The van der Waals surface area contributed by atoms with Crippen molar-refractivity contribution in [1.82, 2.24) is 14.9 Å². The lowest BCUT2D eigenvalue weighted by Crippen LogP contribution is -2.28. The normalized spacial score (nSPS) is 23.1. The SMILES string of the molecule is FC(F)(F)c1ccc([C@]23C[C@H]2CN(CCCSc2ncc(-c4ccccc4)[nH]2)C3)cc1. The van der Waals surface area contributed by atoms with Gasteiger partial charge in [-0.1, -0.05) is 54.2 Å². The Balaban J connectivity index is 1.10. The summed E-state index contributed by atoms with van der Waals surface area (Å²) in [5, 5.41) is 0.935. The Labute approximate surface area is 184 Å². The minimum absolute atomic E-state index is 0.0723. The van der Waals surface area contributed by atoms with E-state index in [1.165, 1.54) is 12.1 Å². The highest BCUT2D eigenvalue weighted by molar-refractivity contribution is 7.99. The number of aromatic nitrogens is 2. The molecule has 2 atom stereocenters. The number of likely N-dealkylation sites (tertiary alicyclic amines) is 1. The fraction of sp³-hybridized carbons (Fsp3) is 0.375. The lowest BCUT2D eigenvalue weighted by atomic mass is 9.94. The van der Waals surface area contributed by atoms with Crippen LogP contribution in [0.2, 0.25) is 0 Å². The molecule has 162 valence electrons. The number of fused-ring (bicyclic) bond motifs is 1. The third-order valence-corrected chi connectivity index (χ3v) is 7.47. The third-order valence-electron chi connectivity index (χ3n) is 6.50. The van der Waals surface area contributed by atoms with Crippen LogP contribution >= 0.6 is 11.8 Å². The maximum absolute atomic E-state index is 12.8. The zero-order valence-corrected chi connectivity index (χ0v) is 17.8. The zero-order chi connectivity index (χ0) is 21.5. The fourth-order valence-corrected chi connectivity index (χ4v) is 5.57. The summed E-state index contributed by atoms with van der Waals surface area (Å²) in [4.78, 5) is 10.3. The van der Waals surface area contributed by atoms with Crippen LogP contribution in [0.5, 0.6) is 0 Å². The molecule has 0 bridgehead atoms. The standard InChI is InChI=1S/C24H24F3N3S/c25-24(26,27)19-9-7-18(8-10-19)23-13-20(23)15-30(16-23)11-4-12-31-22-28-14-21(29-22)17-5-2-1-3-6-17/h1-3,5-10,14,20H,4,11-13,15-16H2,(H,28,29)/t20-,23+/m0/s1. The van der Waals surface area contributed by atoms with Crippen molar-refractivity contribution >= 4 is 11.8 Å². The second-order valence-corrected chi connectivity index (χ2v) is 9.62. The summed E-state index contributed by atoms with van der Waals surface area (Å²) in [7, 11) is 0. The number of H-pyrrole nitrogens is 1. The van der Waals surface area contributed by atoms with Crippen LogP contribution in [0.15, 0.2) is 66.0 Å². The van der Waals surface area contributed by atoms with Crippen molar-refractivity contribution in [2.75, 3.05) is 25.4 Å². The predicted molar refractivity (Wildman–Crippen MR) is 117 cm³/mol. The number of alkyl halides is 3. The van der Waals surface area contributed by atoms with Crippen LogP contribution in [0.3, 0.4) is 0 Å². The number of halogens is 3. The summed E-state index contributed by atoms with van der Waals surface area (Å²) in [6, 6.07) is 16.0. The third kappa shape index (κ3) is 4.26. The number of aromatic amines is 1. The van der Waals surface area contributed by atoms with E-state index < -0.39 is 11.7 Å². The first-order chi connectivity index (χ1) is 14.9. The molecular formula is C24H24F3N3S. The molecule has 1 aliphatic heterocycles. The molecule has 1 aromatic heterocycles.